The van der Waals surface area contributed by atoms with Crippen molar-refractivity contribution in [2.45, 2.75) is 32.2 Å². The third-order valence-electron chi connectivity index (χ3n) is 5.15. The Labute approximate surface area is 149 Å². The third-order valence-corrected chi connectivity index (χ3v) is 5.15. The minimum absolute atomic E-state index is 0.0898. The molecule has 0 spiro atoms. The Hall–Kier alpha value is -2.24. The highest BCUT2D eigenvalue weighted by Crippen LogP contribution is 2.22. The highest BCUT2D eigenvalue weighted by Gasteiger charge is 2.32. The van der Waals surface area contributed by atoms with Gasteiger partial charge in [0, 0.05) is 39.8 Å². The van der Waals surface area contributed by atoms with Gasteiger partial charge in [-0.25, -0.2) is 4.79 Å². The summed E-state index contributed by atoms with van der Waals surface area (Å²) in [6.45, 7) is 3.47. The van der Waals surface area contributed by atoms with Crippen LogP contribution in [0.15, 0.2) is 24.3 Å². The molecule has 0 saturated carbocycles. The Morgan fingerprint density at radius 3 is 2.40 bits per heavy atom. The maximum absolute atomic E-state index is 12.8. The first-order chi connectivity index (χ1) is 12.0. The maximum atomic E-state index is 12.8. The number of urea groups is 1. The number of hydrogen-bond donors (Lipinski definition) is 1. The summed E-state index contributed by atoms with van der Waals surface area (Å²) in [7, 11) is 1.80. The lowest BCUT2D eigenvalue weighted by Gasteiger charge is -2.36. The summed E-state index contributed by atoms with van der Waals surface area (Å²) in [5.74, 6) is 0.190. The lowest BCUT2D eigenvalue weighted by Crippen LogP contribution is -2.49. The highest BCUT2D eigenvalue weighted by molar-refractivity contribution is 5.81. The van der Waals surface area contributed by atoms with E-state index in [1.807, 2.05) is 21.9 Å². The van der Waals surface area contributed by atoms with Gasteiger partial charge in [-0.1, -0.05) is 12.1 Å². The van der Waals surface area contributed by atoms with Crippen LogP contribution >= 0.6 is 0 Å². The Morgan fingerprint density at radius 1 is 1.08 bits per heavy atom. The van der Waals surface area contributed by atoms with Gasteiger partial charge in [-0.3, -0.25) is 4.79 Å². The number of likely N-dealkylation sites (tertiary alicyclic amines) is 2. The molecule has 6 heteroatoms. The predicted octanol–water partition coefficient (Wildman–Crippen LogP) is 2.28. The van der Waals surface area contributed by atoms with Crippen LogP contribution < -0.4 is 0 Å². The molecule has 2 saturated heterocycles. The Morgan fingerprint density at radius 2 is 1.72 bits per heavy atom. The molecule has 3 rings (SSSR count). The molecule has 0 bridgehead atoms. The average Bonchev–Trinajstić information content (AvgIpc) is 3.17. The highest BCUT2D eigenvalue weighted by atomic mass is 16.3. The van der Waals surface area contributed by atoms with E-state index in [0.29, 0.717) is 13.1 Å². The molecular weight excluding hydrogens is 318 g/mol. The first-order valence-electron chi connectivity index (χ1n) is 9.11. The van der Waals surface area contributed by atoms with Crippen LogP contribution in [0.1, 0.15) is 31.2 Å². The molecule has 2 aliphatic rings. The number of carbonyl (C=O) groups excluding carboxylic acids is 2. The molecule has 25 heavy (non-hydrogen) atoms. The van der Waals surface area contributed by atoms with Crippen molar-refractivity contribution >= 4 is 11.9 Å². The summed E-state index contributed by atoms with van der Waals surface area (Å²) in [6.07, 6.45) is 3.88. The number of phenols is 1. The van der Waals surface area contributed by atoms with Gasteiger partial charge in [0.15, 0.2) is 0 Å². The van der Waals surface area contributed by atoms with Crippen molar-refractivity contribution in [1.82, 2.24) is 14.7 Å². The fourth-order valence-electron chi connectivity index (χ4n) is 3.73. The van der Waals surface area contributed by atoms with E-state index in [4.69, 9.17) is 0 Å². The molecule has 2 fully saturated rings. The van der Waals surface area contributed by atoms with Gasteiger partial charge in [-0.2, -0.15) is 0 Å². The Bertz CT molecular complexity index is 611. The minimum Gasteiger partial charge on any atom is -0.508 e. The Balaban J connectivity index is 1.57. The van der Waals surface area contributed by atoms with Crippen LogP contribution in [0, 0.1) is 5.92 Å². The maximum Gasteiger partial charge on any atom is 0.320 e. The zero-order valence-electron chi connectivity index (χ0n) is 14.9. The monoisotopic (exact) mass is 345 g/mol. The van der Waals surface area contributed by atoms with Gasteiger partial charge in [0.05, 0.1) is 5.92 Å². The molecule has 136 valence electrons. The normalized spacial score (nSPS) is 20.6. The lowest BCUT2D eigenvalue weighted by molar-refractivity contribution is -0.136. The summed E-state index contributed by atoms with van der Waals surface area (Å²) < 4.78 is 0. The van der Waals surface area contributed by atoms with Crippen LogP contribution in [0.2, 0.25) is 0 Å². The molecule has 1 unspecified atom stereocenters. The molecule has 1 aromatic rings. The lowest BCUT2D eigenvalue weighted by atomic mass is 9.96. The van der Waals surface area contributed by atoms with Crippen LogP contribution in [0.3, 0.4) is 0 Å². The predicted molar refractivity (Wildman–Crippen MR) is 95.1 cm³/mol. The Kier molecular flexibility index (Phi) is 5.46. The topological polar surface area (TPSA) is 64.1 Å². The second-order valence-electron chi connectivity index (χ2n) is 7.12. The summed E-state index contributed by atoms with van der Waals surface area (Å²) in [4.78, 5) is 30.8. The smallest absolute Gasteiger partial charge is 0.320 e. The van der Waals surface area contributed by atoms with Gasteiger partial charge in [0.1, 0.15) is 5.75 Å². The molecule has 3 amide bonds. The van der Waals surface area contributed by atoms with Crippen LogP contribution in [0.4, 0.5) is 4.79 Å². The zero-order valence-corrected chi connectivity index (χ0v) is 14.9. The average molecular weight is 345 g/mol. The van der Waals surface area contributed by atoms with Gasteiger partial charge in [-0.05, 0) is 43.4 Å². The zero-order chi connectivity index (χ0) is 17.8. The number of carbonyl (C=O) groups is 2. The molecular formula is C19H27N3O3. The molecule has 0 aromatic heterocycles. The number of hydrogen-bond acceptors (Lipinski definition) is 3. The summed E-state index contributed by atoms with van der Waals surface area (Å²) in [5, 5.41) is 9.35. The van der Waals surface area contributed by atoms with E-state index in [1.165, 1.54) is 0 Å². The number of aromatic hydroxyl groups is 1. The van der Waals surface area contributed by atoms with Crippen molar-refractivity contribution < 1.29 is 14.7 Å². The van der Waals surface area contributed by atoms with E-state index >= 15 is 0 Å². The first kappa shape index (κ1) is 17.6. The second-order valence-corrected chi connectivity index (χ2v) is 7.12. The molecule has 6 nitrogen and oxygen atoms in total. The molecule has 0 aliphatic carbocycles. The molecule has 1 atom stereocenters. The van der Waals surface area contributed by atoms with Gasteiger partial charge < -0.3 is 19.8 Å². The van der Waals surface area contributed by atoms with Crippen molar-refractivity contribution in [3.63, 3.8) is 0 Å². The minimum atomic E-state index is -0.123. The van der Waals surface area contributed by atoms with E-state index in [0.717, 1.165) is 50.9 Å². The van der Waals surface area contributed by atoms with Crippen molar-refractivity contribution in [2.75, 3.05) is 33.2 Å². The fraction of sp³-hybridized carbons (Fsp3) is 0.579. The summed E-state index contributed by atoms with van der Waals surface area (Å²) in [6, 6.07) is 7.00. The quantitative estimate of drug-likeness (QED) is 0.914. The number of benzene rings is 1. The van der Waals surface area contributed by atoms with Crippen molar-refractivity contribution in [2.24, 2.45) is 5.92 Å². The van der Waals surface area contributed by atoms with E-state index in [2.05, 4.69) is 0 Å². The second kappa shape index (κ2) is 7.76. The number of amides is 3. The summed E-state index contributed by atoms with van der Waals surface area (Å²) >= 11 is 0. The van der Waals surface area contributed by atoms with Gasteiger partial charge in [-0.15, -0.1) is 0 Å². The van der Waals surface area contributed by atoms with Crippen LogP contribution in [0.25, 0.3) is 0 Å². The SMILES string of the molecule is CN(Cc1ccc(O)cc1)C(=O)C1CCCN(C(=O)N2CCCC2)C1. The largest absolute Gasteiger partial charge is 0.508 e. The summed E-state index contributed by atoms with van der Waals surface area (Å²) in [5.41, 5.74) is 0.981. The van der Waals surface area contributed by atoms with E-state index in [9.17, 15) is 14.7 Å². The number of rotatable bonds is 3. The molecule has 1 aromatic carbocycles. The number of nitrogens with zero attached hydrogens (tertiary/aromatic N) is 3. The number of piperidine rings is 1. The van der Waals surface area contributed by atoms with Gasteiger partial charge >= 0.3 is 6.03 Å². The van der Waals surface area contributed by atoms with Crippen LogP contribution in [-0.2, 0) is 11.3 Å². The standard InChI is InChI=1S/C19H27N3O3/c1-20(13-15-6-8-17(23)9-7-15)18(24)16-5-4-12-22(14-16)19(25)21-10-2-3-11-21/h6-9,16,23H,2-5,10-14H2,1H3. The van der Waals surface area contributed by atoms with Crippen LogP contribution in [0.5, 0.6) is 5.75 Å². The van der Waals surface area contributed by atoms with E-state index in [-0.39, 0.29) is 23.6 Å². The van der Waals surface area contributed by atoms with E-state index in [1.54, 1.807) is 24.1 Å². The molecule has 1 N–H and O–H groups in total. The fourth-order valence-corrected chi connectivity index (χ4v) is 3.73. The number of phenolic OH excluding ortho intramolecular Hbond substituents is 1. The first-order valence-corrected chi connectivity index (χ1v) is 9.11. The van der Waals surface area contributed by atoms with Gasteiger partial charge in [0.2, 0.25) is 5.91 Å². The van der Waals surface area contributed by atoms with Gasteiger partial charge in [0.25, 0.3) is 0 Å². The van der Waals surface area contributed by atoms with Crippen molar-refractivity contribution in [1.29, 1.82) is 0 Å². The van der Waals surface area contributed by atoms with Crippen molar-refractivity contribution in [3.8, 4) is 5.75 Å². The molecule has 2 aliphatic heterocycles. The molecule has 2 heterocycles. The van der Waals surface area contributed by atoms with Crippen molar-refractivity contribution in [3.05, 3.63) is 29.8 Å². The third kappa shape index (κ3) is 4.24. The van der Waals surface area contributed by atoms with Crippen LogP contribution in [-0.4, -0.2) is 65.0 Å². The molecule has 0 radical (unpaired) electrons. The van der Waals surface area contributed by atoms with E-state index < -0.39 is 0 Å².